The minimum Gasteiger partial charge on any atom is -0.398 e. The molecule has 0 amide bonds. The van der Waals surface area contributed by atoms with E-state index in [0.29, 0.717) is 10.0 Å². The highest BCUT2D eigenvalue weighted by Crippen LogP contribution is 2.33. The summed E-state index contributed by atoms with van der Waals surface area (Å²) in [6.07, 6.45) is 0. The molecule has 0 unspecified atom stereocenters. The lowest BCUT2D eigenvalue weighted by atomic mass is 10.2. The Bertz CT molecular complexity index is 787. The summed E-state index contributed by atoms with van der Waals surface area (Å²) >= 11 is 6.37. The zero-order chi connectivity index (χ0) is 15.8. The van der Waals surface area contributed by atoms with Crippen molar-refractivity contribution in [1.82, 2.24) is 0 Å². The Hall–Kier alpha value is -1.12. The first kappa shape index (κ1) is 16.3. The summed E-state index contributed by atoms with van der Waals surface area (Å²) < 4.78 is 41.7. The van der Waals surface area contributed by atoms with E-state index in [4.69, 9.17) is 5.73 Å². The summed E-state index contributed by atoms with van der Waals surface area (Å²) in [4.78, 5) is -0.134. The van der Waals surface area contributed by atoms with Crippen LogP contribution in [0.15, 0.2) is 44.2 Å². The number of benzene rings is 2. The minimum absolute atomic E-state index is 0.0521. The van der Waals surface area contributed by atoms with Gasteiger partial charge in [0, 0.05) is 8.95 Å². The predicted molar refractivity (Wildman–Crippen MR) is 88.2 cm³/mol. The first-order chi connectivity index (χ1) is 9.70. The van der Waals surface area contributed by atoms with Gasteiger partial charge in [-0.2, -0.15) is 0 Å². The van der Waals surface area contributed by atoms with Gasteiger partial charge in [0.2, 0.25) is 0 Å². The van der Waals surface area contributed by atoms with Crippen LogP contribution in [-0.4, -0.2) is 8.42 Å². The Kier molecular flexibility index (Phi) is 4.60. The molecule has 0 spiro atoms. The van der Waals surface area contributed by atoms with Crippen molar-refractivity contribution in [2.45, 2.75) is 11.8 Å². The summed E-state index contributed by atoms with van der Waals surface area (Å²) in [5.41, 5.74) is 6.37. The van der Waals surface area contributed by atoms with Gasteiger partial charge in [-0.15, -0.1) is 0 Å². The largest absolute Gasteiger partial charge is 0.398 e. The number of nitrogens with one attached hydrogen (secondary N) is 1. The number of anilines is 2. The molecule has 2 aromatic carbocycles. The van der Waals surface area contributed by atoms with Gasteiger partial charge in [0.15, 0.2) is 0 Å². The van der Waals surface area contributed by atoms with Crippen LogP contribution in [0.4, 0.5) is 15.8 Å². The van der Waals surface area contributed by atoms with Crippen molar-refractivity contribution in [1.29, 1.82) is 0 Å². The van der Waals surface area contributed by atoms with Crippen LogP contribution < -0.4 is 10.5 Å². The molecule has 21 heavy (non-hydrogen) atoms. The molecule has 2 aromatic rings. The van der Waals surface area contributed by atoms with E-state index in [9.17, 15) is 12.8 Å². The minimum atomic E-state index is -4.01. The van der Waals surface area contributed by atoms with E-state index in [1.807, 2.05) is 0 Å². The first-order valence-electron chi connectivity index (χ1n) is 5.74. The Morgan fingerprint density at radius 1 is 1.19 bits per heavy atom. The maximum atomic E-state index is 13.8. The Morgan fingerprint density at radius 2 is 1.86 bits per heavy atom. The van der Waals surface area contributed by atoms with Crippen LogP contribution in [0.3, 0.4) is 0 Å². The van der Waals surface area contributed by atoms with Gasteiger partial charge in [-0.05, 0) is 52.7 Å². The molecule has 0 atom stereocenters. The van der Waals surface area contributed by atoms with Crippen LogP contribution in [0.1, 0.15) is 5.56 Å². The number of sulfonamides is 1. The van der Waals surface area contributed by atoms with Crippen molar-refractivity contribution in [3.63, 3.8) is 0 Å². The topological polar surface area (TPSA) is 72.2 Å². The smallest absolute Gasteiger partial charge is 0.265 e. The van der Waals surface area contributed by atoms with Gasteiger partial charge in [-0.25, -0.2) is 12.8 Å². The summed E-state index contributed by atoms with van der Waals surface area (Å²) in [5.74, 6) is -0.648. The van der Waals surface area contributed by atoms with Crippen molar-refractivity contribution >= 4 is 53.3 Å². The van der Waals surface area contributed by atoms with Crippen LogP contribution in [0.2, 0.25) is 0 Å². The van der Waals surface area contributed by atoms with Gasteiger partial charge < -0.3 is 5.73 Å². The molecule has 3 N–H and O–H groups in total. The van der Waals surface area contributed by atoms with Gasteiger partial charge in [0.1, 0.15) is 10.7 Å². The number of halogens is 3. The number of rotatable bonds is 3. The zero-order valence-electron chi connectivity index (χ0n) is 10.8. The lowest BCUT2D eigenvalue weighted by Gasteiger charge is -2.13. The number of aryl methyl sites for hydroxylation is 1. The molecule has 0 aliphatic carbocycles. The Labute approximate surface area is 138 Å². The molecular weight excluding hydrogens is 427 g/mol. The standard InChI is InChI=1S/C13H11Br2FN2O2S/c1-7-2-3-12(10(16)4-7)18-21(19,20)13-9(15)5-8(14)6-11(13)17/h2-6,18H,17H2,1H3. The molecule has 0 heterocycles. The lowest BCUT2D eigenvalue weighted by molar-refractivity contribution is 0.598. The molecule has 0 fully saturated rings. The average Bonchev–Trinajstić information content (AvgIpc) is 2.30. The third-order valence-corrected chi connectivity index (χ3v) is 5.50. The van der Waals surface area contributed by atoms with Gasteiger partial charge in [-0.1, -0.05) is 22.0 Å². The van der Waals surface area contributed by atoms with Crippen molar-refractivity contribution in [2.24, 2.45) is 0 Å². The van der Waals surface area contributed by atoms with E-state index >= 15 is 0 Å². The summed E-state index contributed by atoms with van der Waals surface area (Å²) in [7, 11) is -4.01. The summed E-state index contributed by atoms with van der Waals surface area (Å²) in [6, 6.07) is 7.24. The van der Waals surface area contributed by atoms with Crippen LogP contribution in [0.5, 0.6) is 0 Å². The predicted octanol–water partition coefficient (Wildman–Crippen LogP) is 4.04. The molecule has 0 saturated heterocycles. The molecule has 0 bridgehead atoms. The monoisotopic (exact) mass is 436 g/mol. The summed E-state index contributed by atoms with van der Waals surface area (Å²) in [6.45, 7) is 1.71. The van der Waals surface area contributed by atoms with Crippen LogP contribution in [0.25, 0.3) is 0 Å². The molecule has 4 nitrogen and oxygen atoms in total. The van der Waals surface area contributed by atoms with E-state index < -0.39 is 15.8 Å². The van der Waals surface area contributed by atoms with Gasteiger partial charge in [-0.3, -0.25) is 4.72 Å². The Morgan fingerprint density at radius 3 is 2.43 bits per heavy atom. The molecule has 112 valence electrons. The second-order valence-corrected chi connectivity index (χ2v) is 7.78. The molecule has 2 rings (SSSR count). The van der Waals surface area contributed by atoms with Crippen molar-refractivity contribution in [3.05, 3.63) is 50.7 Å². The highest BCUT2D eigenvalue weighted by molar-refractivity contribution is 9.11. The van der Waals surface area contributed by atoms with E-state index in [1.165, 1.54) is 18.2 Å². The molecule has 8 heteroatoms. The third-order valence-electron chi connectivity index (χ3n) is 2.67. The number of hydrogen-bond acceptors (Lipinski definition) is 3. The lowest BCUT2D eigenvalue weighted by Crippen LogP contribution is -2.16. The quantitative estimate of drug-likeness (QED) is 0.711. The molecule has 0 aliphatic heterocycles. The van der Waals surface area contributed by atoms with Crippen molar-refractivity contribution in [3.8, 4) is 0 Å². The van der Waals surface area contributed by atoms with E-state index in [2.05, 4.69) is 36.6 Å². The average molecular weight is 438 g/mol. The molecule has 0 radical (unpaired) electrons. The van der Waals surface area contributed by atoms with Crippen LogP contribution in [0, 0.1) is 12.7 Å². The summed E-state index contributed by atoms with van der Waals surface area (Å²) in [5, 5.41) is 0. The maximum absolute atomic E-state index is 13.8. The van der Waals surface area contributed by atoms with E-state index in [0.717, 1.165) is 0 Å². The number of nitrogens with two attached hydrogens (primary N) is 1. The second-order valence-electron chi connectivity index (χ2n) is 4.39. The number of hydrogen-bond donors (Lipinski definition) is 2. The fourth-order valence-electron chi connectivity index (χ4n) is 1.76. The number of nitrogen functional groups attached to an aromatic ring is 1. The van der Waals surface area contributed by atoms with E-state index in [-0.39, 0.29) is 20.7 Å². The van der Waals surface area contributed by atoms with Crippen molar-refractivity contribution < 1.29 is 12.8 Å². The molecule has 0 saturated carbocycles. The molecule has 0 aromatic heterocycles. The third kappa shape index (κ3) is 3.56. The van der Waals surface area contributed by atoms with Crippen LogP contribution >= 0.6 is 31.9 Å². The normalized spacial score (nSPS) is 11.4. The molecular formula is C13H11Br2FN2O2S. The van der Waals surface area contributed by atoms with Crippen molar-refractivity contribution in [2.75, 3.05) is 10.5 Å². The first-order valence-corrected chi connectivity index (χ1v) is 8.81. The molecule has 0 aliphatic rings. The van der Waals surface area contributed by atoms with Gasteiger partial charge in [0.25, 0.3) is 10.0 Å². The van der Waals surface area contributed by atoms with Gasteiger partial charge in [0.05, 0.1) is 11.4 Å². The highest BCUT2D eigenvalue weighted by Gasteiger charge is 2.23. The van der Waals surface area contributed by atoms with Gasteiger partial charge >= 0.3 is 0 Å². The fraction of sp³-hybridized carbons (Fsp3) is 0.0769. The van der Waals surface area contributed by atoms with E-state index in [1.54, 1.807) is 19.1 Å². The zero-order valence-corrected chi connectivity index (χ0v) is 14.8. The highest BCUT2D eigenvalue weighted by atomic mass is 79.9. The Balaban J connectivity index is 2.48. The SMILES string of the molecule is Cc1ccc(NS(=O)(=O)c2c(N)cc(Br)cc2Br)c(F)c1. The maximum Gasteiger partial charge on any atom is 0.265 e. The van der Waals surface area contributed by atoms with Crippen LogP contribution in [-0.2, 0) is 10.0 Å². The second kappa shape index (κ2) is 5.94. The fourth-order valence-corrected chi connectivity index (χ4v) is 4.90.